The molecular weight excluding hydrogens is 404 g/mol. The third kappa shape index (κ3) is 4.69. The SMILES string of the molecule is CC(C)(C)[Si](C)(C)OCC[C@@H]1C[C@H](CC=O)[Si](c2ccccc2)(c2ccccc2)O1. The van der Waals surface area contributed by atoms with E-state index in [0.29, 0.717) is 6.42 Å². The molecule has 30 heavy (non-hydrogen) atoms. The molecule has 0 radical (unpaired) electrons. The van der Waals surface area contributed by atoms with Crippen molar-refractivity contribution in [3.63, 3.8) is 0 Å². The Balaban J connectivity index is 1.86. The molecule has 162 valence electrons. The highest BCUT2D eigenvalue weighted by Crippen LogP contribution is 2.41. The average molecular weight is 441 g/mol. The van der Waals surface area contributed by atoms with Gasteiger partial charge >= 0.3 is 0 Å². The van der Waals surface area contributed by atoms with E-state index in [9.17, 15) is 4.79 Å². The Kier molecular flexibility index (Phi) is 7.18. The summed E-state index contributed by atoms with van der Waals surface area (Å²) in [5.41, 5.74) is 0.248. The molecule has 2 atom stereocenters. The zero-order valence-corrected chi connectivity index (χ0v) is 21.1. The van der Waals surface area contributed by atoms with Crippen LogP contribution in [0, 0.1) is 0 Å². The number of carbonyl (C=O) groups is 1. The largest absolute Gasteiger partial charge is 0.417 e. The second-order valence-corrected chi connectivity index (χ2v) is 18.4. The lowest BCUT2D eigenvalue weighted by Crippen LogP contribution is -2.61. The highest BCUT2D eigenvalue weighted by molar-refractivity contribution is 6.99. The smallest absolute Gasteiger partial charge is 0.259 e. The van der Waals surface area contributed by atoms with E-state index in [0.717, 1.165) is 25.7 Å². The van der Waals surface area contributed by atoms with Gasteiger partial charge in [0.2, 0.25) is 0 Å². The van der Waals surface area contributed by atoms with Crippen molar-refractivity contribution in [2.45, 2.75) is 69.8 Å². The van der Waals surface area contributed by atoms with Crippen LogP contribution < -0.4 is 10.4 Å². The molecule has 1 heterocycles. The topological polar surface area (TPSA) is 35.5 Å². The third-order valence-electron chi connectivity index (χ3n) is 6.97. The van der Waals surface area contributed by atoms with Gasteiger partial charge in [-0.05, 0) is 46.9 Å². The molecule has 2 aromatic carbocycles. The van der Waals surface area contributed by atoms with E-state index in [2.05, 4.69) is 82.4 Å². The van der Waals surface area contributed by atoms with Gasteiger partial charge in [0.25, 0.3) is 8.32 Å². The molecule has 5 heteroatoms. The molecule has 0 spiro atoms. The lowest BCUT2D eigenvalue weighted by atomic mass is 10.1. The van der Waals surface area contributed by atoms with Gasteiger partial charge in [-0.25, -0.2) is 0 Å². The molecule has 0 aromatic heterocycles. The van der Waals surface area contributed by atoms with Crippen LogP contribution in [0.4, 0.5) is 0 Å². The zero-order valence-electron chi connectivity index (χ0n) is 19.1. The quantitative estimate of drug-likeness (QED) is 0.432. The Labute approximate surface area is 184 Å². The second kappa shape index (κ2) is 9.31. The molecule has 0 unspecified atom stereocenters. The van der Waals surface area contributed by atoms with E-state index >= 15 is 0 Å². The van der Waals surface area contributed by atoms with Crippen LogP contribution in [0.25, 0.3) is 0 Å². The summed E-state index contributed by atoms with van der Waals surface area (Å²) in [7, 11) is -4.28. The van der Waals surface area contributed by atoms with Crippen LogP contribution in [0.1, 0.15) is 40.0 Å². The van der Waals surface area contributed by atoms with Crippen molar-refractivity contribution in [1.82, 2.24) is 0 Å². The van der Waals surface area contributed by atoms with Crippen molar-refractivity contribution in [3.8, 4) is 0 Å². The molecule has 0 saturated carbocycles. The number of carbonyl (C=O) groups excluding carboxylic acids is 1. The van der Waals surface area contributed by atoms with Crippen molar-refractivity contribution in [2.24, 2.45) is 0 Å². The summed E-state index contributed by atoms with van der Waals surface area (Å²) >= 11 is 0. The van der Waals surface area contributed by atoms with Crippen LogP contribution in [-0.4, -0.2) is 35.6 Å². The van der Waals surface area contributed by atoms with E-state index in [1.165, 1.54) is 10.4 Å². The highest BCUT2D eigenvalue weighted by Gasteiger charge is 2.53. The first-order valence-electron chi connectivity index (χ1n) is 11.1. The Morgan fingerprint density at radius 3 is 2.03 bits per heavy atom. The molecule has 1 aliphatic rings. The first-order chi connectivity index (χ1) is 14.2. The van der Waals surface area contributed by atoms with Crippen molar-refractivity contribution in [1.29, 1.82) is 0 Å². The molecule has 1 aliphatic heterocycles. The number of hydrogen-bond donors (Lipinski definition) is 0. The van der Waals surface area contributed by atoms with Crippen molar-refractivity contribution >= 4 is 33.3 Å². The van der Waals surface area contributed by atoms with E-state index in [1.807, 2.05) is 12.1 Å². The molecule has 3 nitrogen and oxygen atoms in total. The summed E-state index contributed by atoms with van der Waals surface area (Å²) in [6, 6.07) is 21.2. The van der Waals surface area contributed by atoms with E-state index in [4.69, 9.17) is 8.85 Å². The fraction of sp³-hybridized carbons (Fsp3) is 0.480. The van der Waals surface area contributed by atoms with Crippen LogP contribution in [0.15, 0.2) is 60.7 Å². The first-order valence-corrected chi connectivity index (χ1v) is 16.0. The maximum Gasteiger partial charge on any atom is 0.259 e. The van der Waals surface area contributed by atoms with Gasteiger partial charge in [-0.15, -0.1) is 0 Å². The fourth-order valence-electron chi connectivity index (χ4n) is 4.25. The molecule has 2 aromatic rings. The third-order valence-corrected chi connectivity index (χ3v) is 16.2. The van der Waals surface area contributed by atoms with E-state index in [1.54, 1.807) is 0 Å². The molecule has 1 fully saturated rings. The summed E-state index contributed by atoms with van der Waals surface area (Å²) in [6.45, 7) is 12.1. The minimum Gasteiger partial charge on any atom is -0.417 e. The Bertz CT molecular complexity index is 776. The highest BCUT2D eigenvalue weighted by atomic mass is 28.4. The normalized spacial score (nSPS) is 21.5. The Morgan fingerprint density at radius 1 is 1.03 bits per heavy atom. The Hall–Kier alpha value is -1.54. The molecule has 0 aliphatic carbocycles. The lowest BCUT2D eigenvalue weighted by molar-refractivity contribution is -0.107. The summed E-state index contributed by atoms with van der Waals surface area (Å²) in [5, 5.41) is 2.72. The zero-order chi connectivity index (χ0) is 21.8. The number of benzene rings is 2. The summed E-state index contributed by atoms with van der Waals surface area (Å²) in [4.78, 5) is 11.6. The molecule has 0 amide bonds. The molecule has 3 rings (SSSR count). The minimum atomic E-state index is -2.51. The van der Waals surface area contributed by atoms with Gasteiger partial charge in [0, 0.05) is 19.1 Å². The van der Waals surface area contributed by atoms with Crippen molar-refractivity contribution < 1.29 is 13.6 Å². The van der Waals surface area contributed by atoms with Crippen LogP contribution >= 0.6 is 0 Å². The van der Waals surface area contributed by atoms with E-state index in [-0.39, 0.29) is 16.7 Å². The molecular formula is C25H36O3Si2. The monoisotopic (exact) mass is 440 g/mol. The maximum absolute atomic E-state index is 11.6. The molecule has 1 saturated heterocycles. The van der Waals surface area contributed by atoms with Crippen LogP contribution in [0.5, 0.6) is 0 Å². The van der Waals surface area contributed by atoms with Crippen molar-refractivity contribution in [3.05, 3.63) is 60.7 Å². The number of hydrogen-bond acceptors (Lipinski definition) is 3. The number of rotatable bonds is 8. The standard InChI is InChI=1S/C25H36O3Si2/c1-25(2,3)29(4,5)27-19-17-21-20-24(16-18-26)30(28-21,22-12-8-6-9-13-22)23-14-10-7-11-15-23/h6-15,18,21,24H,16-17,19-20H2,1-5H3/t21-,24+/m1/s1. The van der Waals surface area contributed by atoms with Gasteiger partial charge in [0.05, 0.1) is 0 Å². The second-order valence-electron chi connectivity index (χ2n) is 9.94. The maximum atomic E-state index is 11.6. The lowest BCUT2D eigenvalue weighted by Gasteiger charge is -2.36. The minimum absolute atomic E-state index is 0.131. The Morgan fingerprint density at radius 2 is 1.57 bits per heavy atom. The number of aldehydes is 1. The molecule has 0 N–H and O–H groups in total. The van der Waals surface area contributed by atoms with Gasteiger partial charge in [-0.1, -0.05) is 81.4 Å². The predicted molar refractivity (Wildman–Crippen MR) is 130 cm³/mol. The molecule has 0 bridgehead atoms. The van der Waals surface area contributed by atoms with Crippen LogP contribution in [-0.2, 0) is 13.6 Å². The summed E-state index contributed by atoms with van der Waals surface area (Å²) in [6.07, 6.45) is 3.57. The van der Waals surface area contributed by atoms with Crippen molar-refractivity contribution in [2.75, 3.05) is 6.61 Å². The van der Waals surface area contributed by atoms with E-state index < -0.39 is 16.6 Å². The summed E-state index contributed by atoms with van der Waals surface area (Å²) < 4.78 is 13.4. The van der Waals surface area contributed by atoms with Gasteiger partial charge in [-0.3, -0.25) is 0 Å². The first kappa shape index (κ1) is 23.1. The summed E-state index contributed by atoms with van der Waals surface area (Å²) in [5.74, 6) is 0. The average Bonchev–Trinajstić information content (AvgIpc) is 3.08. The predicted octanol–water partition coefficient (Wildman–Crippen LogP) is 4.91. The van der Waals surface area contributed by atoms with Crippen LogP contribution in [0.2, 0.25) is 23.7 Å². The van der Waals surface area contributed by atoms with Gasteiger partial charge < -0.3 is 13.6 Å². The van der Waals surface area contributed by atoms with Crippen LogP contribution in [0.3, 0.4) is 0 Å². The van der Waals surface area contributed by atoms with Gasteiger partial charge in [0.1, 0.15) is 6.29 Å². The van der Waals surface area contributed by atoms with Gasteiger partial charge in [-0.2, -0.15) is 0 Å². The fourth-order valence-corrected chi connectivity index (χ4v) is 10.2. The van der Waals surface area contributed by atoms with Gasteiger partial charge in [0.15, 0.2) is 8.32 Å².